The van der Waals surface area contributed by atoms with E-state index in [-0.39, 0.29) is 5.56 Å². The van der Waals surface area contributed by atoms with E-state index >= 15 is 0 Å². The van der Waals surface area contributed by atoms with Crippen molar-refractivity contribution in [3.63, 3.8) is 0 Å². The predicted molar refractivity (Wildman–Crippen MR) is 80.5 cm³/mol. The van der Waals surface area contributed by atoms with Gasteiger partial charge in [-0.1, -0.05) is 24.3 Å². The van der Waals surface area contributed by atoms with Crippen molar-refractivity contribution >= 4 is 5.91 Å². The molecule has 0 bridgehead atoms. The first-order chi connectivity index (χ1) is 10.5. The summed E-state index contributed by atoms with van der Waals surface area (Å²) < 4.78 is 26.3. The molecule has 2 aromatic carbocycles. The summed E-state index contributed by atoms with van der Waals surface area (Å²) in [7, 11) is 4.15. The van der Waals surface area contributed by atoms with Crippen LogP contribution >= 0.6 is 0 Å². The maximum Gasteiger partial charge on any atom is 0.254 e. The number of carbonyl (C=O) groups is 1. The van der Waals surface area contributed by atoms with E-state index in [9.17, 15) is 13.6 Å². The molecule has 0 aromatic heterocycles. The minimum Gasteiger partial charge on any atom is -0.348 e. The minimum absolute atomic E-state index is 0.158. The molecule has 22 heavy (non-hydrogen) atoms. The number of carbonyl (C=O) groups excluding carboxylic acids is 1. The van der Waals surface area contributed by atoms with E-state index in [4.69, 9.17) is 0 Å². The first-order valence-electron chi connectivity index (χ1n) is 7.06. The van der Waals surface area contributed by atoms with Gasteiger partial charge >= 0.3 is 0 Å². The summed E-state index contributed by atoms with van der Waals surface area (Å²) >= 11 is 0. The summed E-state index contributed by atoms with van der Waals surface area (Å²) in [6.45, 7) is 1.22. The third-order valence-corrected chi connectivity index (χ3v) is 3.21. The fourth-order valence-electron chi connectivity index (χ4n) is 2.13. The van der Waals surface area contributed by atoms with E-state index in [0.29, 0.717) is 12.6 Å². The lowest BCUT2D eigenvalue weighted by Crippen LogP contribution is -3.04. The Labute approximate surface area is 128 Å². The number of halogens is 2. The molecule has 116 valence electrons. The molecular weight excluding hydrogens is 286 g/mol. The summed E-state index contributed by atoms with van der Waals surface area (Å²) in [5.74, 6) is -2.12. The topological polar surface area (TPSA) is 33.5 Å². The highest BCUT2D eigenvalue weighted by Gasteiger charge is 2.12. The van der Waals surface area contributed by atoms with Gasteiger partial charge in [0.15, 0.2) is 0 Å². The summed E-state index contributed by atoms with van der Waals surface area (Å²) in [4.78, 5) is 13.2. The van der Waals surface area contributed by atoms with E-state index in [0.717, 1.165) is 24.2 Å². The zero-order valence-corrected chi connectivity index (χ0v) is 12.6. The van der Waals surface area contributed by atoms with Crippen molar-refractivity contribution in [2.45, 2.75) is 13.1 Å². The third-order valence-electron chi connectivity index (χ3n) is 3.21. The van der Waals surface area contributed by atoms with Crippen molar-refractivity contribution in [1.82, 2.24) is 5.32 Å². The Morgan fingerprint density at radius 3 is 2.27 bits per heavy atom. The molecule has 5 heteroatoms. The van der Waals surface area contributed by atoms with Crippen LogP contribution in [0, 0.1) is 11.6 Å². The molecule has 0 aliphatic carbocycles. The van der Waals surface area contributed by atoms with Crippen molar-refractivity contribution in [1.29, 1.82) is 0 Å². The molecular formula is C17H19F2N2O+. The monoisotopic (exact) mass is 305 g/mol. The maximum atomic E-state index is 13.5. The van der Waals surface area contributed by atoms with Crippen molar-refractivity contribution < 1.29 is 18.5 Å². The highest BCUT2D eigenvalue weighted by Crippen LogP contribution is 2.10. The Hall–Kier alpha value is -2.27. The SMILES string of the molecule is C[NH+](C)Cc1ccc(CNC(=O)c2ccc(F)cc2F)cc1. The number of amides is 1. The molecule has 0 radical (unpaired) electrons. The van der Waals surface area contributed by atoms with Crippen molar-refractivity contribution in [2.24, 2.45) is 0 Å². The van der Waals surface area contributed by atoms with Gasteiger partial charge in [0.25, 0.3) is 5.91 Å². The van der Waals surface area contributed by atoms with Gasteiger partial charge in [0.05, 0.1) is 19.7 Å². The molecule has 0 unspecified atom stereocenters. The van der Waals surface area contributed by atoms with Crippen molar-refractivity contribution in [3.05, 3.63) is 70.8 Å². The molecule has 0 fully saturated rings. The summed E-state index contributed by atoms with van der Waals surface area (Å²) in [5.41, 5.74) is 1.97. The van der Waals surface area contributed by atoms with Crippen LogP contribution in [0.15, 0.2) is 42.5 Å². The summed E-state index contributed by atoms with van der Waals surface area (Å²) in [5, 5.41) is 2.63. The van der Waals surface area contributed by atoms with Crippen LogP contribution in [0.4, 0.5) is 8.78 Å². The molecule has 0 heterocycles. The maximum absolute atomic E-state index is 13.5. The quantitative estimate of drug-likeness (QED) is 0.863. The zero-order valence-electron chi connectivity index (χ0n) is 12.6. The lowest BCUT2D eigenvalue weighted by Gasteiger charge is -2.09. The number of hydrogen-bond acceptors (Lipinski definition) is 1. The summed E-state index contributed by atoms with van der Waals surface area (Å²) in [6, 6.07) is 10.8. The van der Waals surface area contributed by atoms with Gasteiger partial charge in [0.1, 0.15) is 18.2 Å². The average Bonchev–Trinajstić information content (AvgIpc) is 2.45. The Bertz CT molecular complexity index is 654. The second-order valence-corrected chi connectivity index (χ2v) is 5.51. The second-order valence-electron chi connectivity index (χ2n) is 5.51. The largest absolute Gasteiger partial charge is 0.348 e. The molecule has 0 saturated carbocycles. The third kappa shape index (κ3) is 4.36. The molecule has 1 amide bonds. The van der Waals surface area contributed by atoms with E-state index in [1.165, 1.54) is 10.5 Å². The normalized spacial score (nSPS) is 10.8. The van der Waals surface area contributed by atoms with Gasteiger partial charge in [-0.25, -0.2) is 8.78 Å². The first kappa shape index (κ1) is 16.1. The lowest BCUT2D eigenvalue weighted by molar-refractivity contribution is -0.872. The van der Waals surface area contributed by atoms with Crippen molar-refractivity contribution in [2.75, 3.05) is 14.1 Å². The van der Waals surface area contributed by atoms with Gasteiger partial charge in [-0.3, -0.25) is 4.79 Å². The van der Waals surface area contributed by atoms with E-state index in [1.54, 1.807) is 0 Å². The zero-order chi connectivity index (χ0) is 16.1. The Morgan fingerprint density at radius 1 is 1.05 bits per heavy atom. The average molecular weight is 305 g/mol. The number of nitrogens with one attached hydrogen (secondary N) is 2. The minimum atomic E-state index is -0.859. The van der Waals surface area contributed by atoms with Crippen LogP contribution in [0.25, 0.3) is 0 Å². The van der Waals surface area contributed by atoms with Crippen molar-refractivity contribution in [3.8, 4) is 0 Å². The first-order valence-corrected chi connectivity index (χ1v) is 7.06. The lowest BCUT2D eigenvalue weighted by atomic mass is 10.1. The number of quaternary nitrogens is 1. The van der Waals surface area contributed by atoms with E-state index in [1.807, 2.05) is 24.3 Å². The van der Waals surface area contributed by atoms with Crippen LogP contribution in [-0.4, -0.2) is 20.0 Å². The number of rotatable bonds is 5. The Morgan fingerprint density at radius 2 is 1.68 bits per heavy atom. The van der Waals surface area contributed by atoms with Crippen LogP contribution in [0.5, 0.6) is 0 Å². The van der Waals surface area contributed by atoms with Gasteiger partial charge in [-0.05, 0) is 17.7 Å². The van der Waals surface area contributed by atoms with Crippen LogP contribution in [-0.2, 0) is 13.1 Å². The fourth-order valence-corrected chi connectivity index (χ4v) is 2.13. The van der Waals surface area contributed by atoms with E-state index in [2.05, 4.69) is 19.4 Å². The second kappa shape index (κ2) is 7.13. The van der Waals surface area contributed by atoms with Crippen LogP contribution in [0.1, 0.15) is 21.5 Å². The number of benzene rings is 2. The van der Waals surface area contributed by atoms with Gasteiger partial charge in [-0.15, -0.1) is 0 Å². The number of hydrogen-bond donors (Lipinski definition) is 2. The molecule has 0 aliphatic heterocycles. The highest BCUT2D eigenvalue weighted by atomic mass is 19.1. The summed E-state index contributed by atoms with van der Waals surface area (Å²) in [6.07, 6.45) is 0. The Balaban J connectivity index is 1.96. The Kier molecular flexibility index (Phi) is 5.22. The molecule has 0 saturated heterocycles. The van der Waals surface area contributed by atoms with Gasteiger partial charge in [0.2, 0.25) is 0 Å². The molecule has 2 aromatic rings. The molecule has 2 rings (SSSR count). The van der Waals surface area contributed by atoms with Gasteiger partial charge < -0.3 is 10.2 Å². The van der Waals surface area contributed by atoms with Crippen LogP contribution in [0.3, 0.4) is 0 Å². The van der Waals surface area contributed by atoms with Crippen LogP contribution < -0.4 is 10.2 Å². The molecule has 3 nitrogen and oxygen atoms in total. The predicted octanol–water partition coefficient (Wildman–Crippen LogP) is 1.54. The molecule has 0 spiro atoms. The molecule has 2 N–H and O–H groups in total. The smallest absolute Gasteiger partial charge is 0.254 e. The molecule has 0 atom stereocenters. The van der Waals surface area contributed by atoms with Crippen LogP contribution in [0.2, 0.25) is 0 Å². The fraction of sp³-hybridized carbons (Fsp3) is 0.235. The molecule has 0 aliphatic rings. The van der Waals surface area contributed by atoms with Gasteiger partial charge in [-0.2, -0.15) is 0 Å². The van der Waals surface area contributed by atoms with Gasteiger partial charge in [0, 0.05) is 18.2 Å². The highest BCUT2D eigenvalue weighted by molar-refractivity contribution is 5.94. The standard InChI is InChI=1S/C17H18F2N2O/c1-21(2)11-13-5-3-12(4-6-13)10-20-17(22)15-8-7-14(18)9-16(15)19/h3-9H,10-11H2,1-2H3,(H,20,22)/p+1. The van der Waals surface area contributed by atoms with E-state index < -0.39 is 17.5 Å².